The highest BCUT2D eigenvalue weighted by molar-refractivity contribution is 7.89. The van der Waals surface area contributed by atoms with E-state index in [1.165, 1.54) is 19.1 Å². The van der Waals surface area contributed by atoms with Gasteiger partial charge in [0.1, 0.15) is 9.92 Å². The fourth-order valence-electron chi connectivity index (χ4n) is 1.31. The normalized spacial score (nSPS) is 13.3. The first-order valence-electron chi connectivity index (χ1n) is 5.58. The summed E-state index contributed by atoms with van der Waals surface area (Å²) >= 11 is 11.8. The first kappa shape index (κ1) is 16.5. The molecule has 0 radical (unpaired) electrons. The van der Waals surface area contributed by atoms with Crippen molar-refractivity contribution in [2.75, 3.05) is 13.2 Å². The maximum absolute atomic E-state index is 12.1. The van der Waals surface area contributed by atoms with Crippen molar-refractivity contribution in [3.8, 4) is 5.75 Å². The van der Waals surface area contributed by atoms with Gasteiger partial charge < -0.3 is 9.84 Å². The molecular formula is C11H15Cl2NO4S. The van der Waals surface area contributed by atoms with E-state index in [1.807, 2.05) is 0 Å². The van der Waals surface area contributed by atoms with Crippen LogP contribution in [-0.4, -0.2) is 32.8 Å². The van der Waals surface area contributed by atoms with Gasteiger partial charge in [0, 0.05) is 6.54 Å². The second-order valence-electron chi connectivity index (χ2n) is 3.82. The van der Waals surface area contributed by atoms with Crippen LogP contribution in [0.5, 0.6) is 5.75 Å². The van der Waals surface area contributed by atoms with Gasteiger partial charge in [-0.15, -0.1) is 0 Å². The van der Waals surface area contributed by atoms with Gasteiger partial charge in [0.25, 0.3) is 0 Å². The second-order valence-corrected chi connectivity index (χ2v) is 6.34. The van der Waals surface area contributed by atoms with Crippen LogP contribution in [0.2, 0.25) is 10.0 Å². The number of aliphatic hydroxyl groups is 1. The van der Waals surface area contributed by atoms with Gasteiger partial charge in [-0.3, -0.25) is 0 Å². The molecule has 0 bridgehead atoms. The highest BCUT2D eigenvalue weighted by Gasteiger charge is 2.23. The van der Waals surface area contributed by atoms with Crippen LogP contribution in [0.1, 0.15) is 13.8 Å². The average molecular weight is 328 g/mol. The van der Waals surface area contributed by atoms with Crippen LogP contribution < -0.4 is 9.46 Å². The van der Waals surface area contributed by atoms with E-state index in [4.69, 9.17) is 33.0 Å². The molecule has 0 fully saturated rings. The fraction of sp³-hybridized carbons (Fsp3) is 0.455. The first-order chi connectivity index (χ1) is 8.79. The van der Waals surface area contributed by atoms with Gasteiger partial charge in [0.05, 0.1) is 17.7 Å². The van der Waals surface area contributed by atoms with Crippen molar-refractivity contribution in [3.05, 3.63) is 22.2 Å². The minimum Gasteiger partial charge on any atom is -0.491 e. The van der Waals surface area contributed by atoms with Gasteiger partial charge in [-0.05, 0) is 26.0 Å². The van der Waals surface area contributed by atoms with E-state index < -0.39 is 16.1 Å². The molecule has 1 unspecified atom stereocenters. The maximum atomic E-state index is 12.1. The summed E-state index contributed by atoms with van der Waals surface area (Å²) in [5.74, 6) is 0.00904. The molecule has 1 aromatic carbocycles. The summed E-state index contributed by atoms with van der Waals surface area (Å²) < 4.78 is 31.7. The third-order valence-corrected chi connectivity index (χ3v) is 4.39. The molecule has 0 spiro atoms. The zero-order valence-electron chi connectivity index (χ0n) is 10.5. The Labute approximate surface area is 122 Å². The number of nitrogens with one attached hydrogen (secondary N) is 1. The van der Waals surface area contributed by atoms with Crippen LogP contribution >= 0.6 is 23.2 Å². The lowest BCUT2D eigenvalue weighted by Gasteiger charge is -2.14. The average Bonchev–Trinajstić information content (AvgIpc) is 2.33. The summed E-state index contributed by atoms with van der Waals surface area (Å²) in [7, 11) is -3.83. The van der Waals surface area contributed by atoms with Crippen molar-refractivity contribution in [1.82, 2.24) is 4.72 Å². The summed E-state index contributed by atoms with van der Waals surface area (Å²) in [5, 5.41) is 9.38. The van der Waals surface area contributed by atoms with Crippen molar-refractivity contribution in [3.63, 3.8) is 0 Å². The minimum absolute atomic E-state index is 0.00904. The summed E-state index contributed by atoms with van der Waals surface area (Å²) in [4.78, 5) is -0.107. The van der Waals surface area contributed by atoms with E-state index in [0.717, 1.165) is 0 Å². The zero-order chi connectivity index (χ0) is 14.6. The summed E-state index contributed by atoms with van der Waals surface area (Å²) in [6.07, 6.45) is -0.798. The van der Waals surface area contributed by atoms with E-state index in [2.05, 4.69) is 4.72 Å². The lowest BCUT2D eigenvalue weighted by atomic mass is 10.3. The zero-order valence-corrected chi connectivity index (χ0v) is 12.8. The Balaban J connectivity index is 3.22. The number of ether oxygens (including phenoxy) is 1. The van der Waals surface area contributed by atoms with Crippen LogP contribution in [0.3, 0.4) is 0 Å². The van der Waals surface area contributed by atoms with Crippen LogP contribution in [0.25, 0.3) is 0 Å². The van der Waals surface area contributed by atoms with Crippen molar-refractivity contribution in [1.29, 1.82) is 0 Å². The quantitative estimate of drug-likeness (QED) is 0.838. The molecule has 0 aromatic heterocycles. The number of sulfonamides is 1. The highest BCUT2D eigenvalue weighted by Crippen LogP contribution is 2.37. The second kappa shape index (κ2) is 6.76. The number of halogens is 2. The topological polar surface area (TPSA) is 75.6 Å². The summed E-state index contributed by atoms with van der Waals surface area (Å²) in [5.41, 5.74) is 0. The van der Waals surface area contributed by atoms with Crippen LogP contribution in [0.4, 0.5) is 0 Å². The Morgan fingerprint density at radius 1 is 1.42 bits per heavy atom. The SMILES string of the molecule is CCOc1c(S(=O)(=O)NCC(C)O)ccc(Cl)c1Cl. The molecule has 0 heterocycles. The molecule has 0 amide bonds. The van der Waals surface area contributed by atoms with Crippen molar-refractivity contribution in [2.24, 2.45) is 0 Å². The molecule has 1 aromatic rings. The van der Waals surface area contributed by atoms with Crippen molar-refractivity contribution >= 4 is 33.2 Å². The Bertz CT molecular complexity index is 546. The molecular weight excluding hydrogens is 313 g/mol. The number of aliphatic hydroxyl groups excluding tert-OH is 1. The molecule has 0 saturated heterocycles. The minimum atomic E-state index is -3.83. The molecule has 1 atom stereocenters. The summed E-state index contributed by atoms with van der Waals surface area (Å²) in [6.45, 7) is 3.32. The number of hydrogen-bond donors (Lipinski definition) is 2. The molecule has 0 aliphatic carbocycles. The predicted octanol–water partition coefficient (Wildman–Crippen LogP) is 2.05. The predicted molar refractivity (Wildman–Crippen MR) is 74.5 cm³/mol. The van der Waals surface area contributed by atoms with E-state index >= 15 is 0 Å². The molecule has 2 N–H and O–H groups in total. The Hall–Kier alpha value is -0.530. The molecule has 1 rings (SSSR count). The van der Waals surface area contributed by atoms with Gasteiger partial charge in [0.15, 0.2) is 5.75 Å². The molecule has 0 aliphatic heterocycles. The molecule has 108 valence electrons. The standard InChI is InChI=1S/C11H15Cl2NO4S/c1-3-18-11-9(5-4-8(12)10(11)13)19(16,17)14-6-7(2)15/h4-5,7,14-15H,3,6H2,1-2H3. The highest BCUT2D eigenvalue weighted by atomic mass is 35.5. The largest absolute Gasteiger partial charge is 0.491 e. The van der Waals surface area contributed by atoms with E-state index in [-0.39, 0.29) is 33.8 Å². The number of rotatable bonds is 6. The lowest BCUT2D eigenvalue weighted by molar-refractivity contribution is 0.198. The Morgan fingerprint density at radius 2 is 2.05 bits per heavy atom. The van der Waals surface area contributed by atoms with Crippen LogP contribution in [-0.2, 0) is 10.0 Å². The van der Waals surface area contributed by atoms with Gasteiger partial charge in [-0.25, -0.2) is 13.1 Å². The van der Waals surface area contributed by atoms with E-state index in [0.29, 0.717) is 0 Å². The summed E-state index contributed by atoms with van der Waals surface area (Å²) in [6, 6.07) is 2.69. The van der Waals surface area contributed by atoms with Gasteiger partial charge in [0.2, 0.25) is 10.0 Å². The van der Waals surface area contributed by atoms with Crippen molar-refractivity contribution in [2.45, 2.75) is 24.8 Å². The van der Waals surface area contributed by atoms with Crippen LogP contribution in [0, 0.1) is 0 Å². The van der Waals surface area contributed by atoms with Gasteiger partial charge in [-0.2, -0.15) is 0 Å². The van der Waals surface area contributed by atoms with Gasteiger partial charge in [-0.1, -0.05) is 23.2 Å². The monoisotopic (exact) mass is 327 g/mol. The van der Waals surface area contributed by atoms with E-state index in [9.17, 15) is 8.42 Å². The molecule has 19 heavy (non-hydrogen) atoms. The van der Waals surface area contributed by atoms with E-state index in [1.54, 1.807) is 6.92 Å². The van der Waals surface area contributed by atoms with Crippen LogP contribution in [0.15, 0.2) is 17.0 Å². The number of hydrogen-bond acceptors (Lipinski definition) is 4. The Kier molecular flexibility index (Phi) is 5.88. The molecule has 0 saturated carbocycles. The van der Waals surface area contributed by atoms with Crippen molar-refractivity contribution < 1.29 is 18.3 Å². The smallest absolute Gasteiger partial charge is 0.244 e. The maximum Gasteiger partial charge on any atom is 0.244 e. The van der Waals surface area contributed by atoms with Gasteiger partial charge >= 0.3 is 0 Å². The third-order valence-electron chi connectivity index (χ3n) is 2.16. The third kappa shape index (κ3) is 4.22. The lowest BCUT2D eigenvalue weighted by Crippen LogP contribution is -2.31. The molecule has 0 aliphatic rings. The Morgan fingerprint density at radius 3 is 2.58 bits per heavy atom. The first-order valence-corrected chi connectivity index (χ1v) is 7.82. The molecule has 5 nitrogen and oxygen atoms in total. The number of benzene rings is 1. The fourth-order valence-corrected chi connectivity index (χ4v) is 3.01. The molecule has 8 heteroatoms.